The van der Waals surface area contributed by atoms with Crippen molar-refractivity contribution in [1.29, 1.82) is 0 Å². The molecule has 1 atom stereocenters. The molecular formula is C27H32N6O4. The normalized spacial score (nSPS) is 22.9. The summed E-state index contributed by atoms with van der Waals surface area (Å²) in [6.45, 7) is 1.21. The van der Waals surface area contributed by atoms with Gasteiger partial charge in [-0.1, -0.05) is 48.3 Å². The lowest BCUT2D eigenvalue weighted by Crippen LogP contribution is -2.63. The Bertz CT molecular complexity index is 1330. The van der Waals surface area contributed by atoms with E-state index in [1.54, 1.807) is 4.90 Å². The molecule has 1 spiro atoms. The van der Waals surface area contributed by atoms with Crippen molar-refractivity contribution < 1.29 is 14.4 Å². The number of nitrogens with one attached hydrogen (secondary N) is 1. The fourth-order valence-electron chi connectivity index (χ4n) is 5.97. The van der Waals surface area contributed by atoms with E-state index in [-0.39, 0.29) is 24.7 Å². The number of urea groups is 1. The van der Waals surface area contributed by atoms with Crippen molar-refractivity contribution in [2.75, 3.05) is 13.1 Å². The molecule has 10 nitrogen and oxygen atoms in total. The molecule has 2 N–H and O–H groups in total. The number of likely N-dealkylation sites (tertiary alicyclic amines) is 1. The summed E-state index contributed by atoms with van der Waals surface area (Å²) in [6, 6.07) is 10.9. The number of aliphatic hydroxyl groups is 1. The smallest absolute Gasteiger partial charge is 0.317 e. The highest BCUT2D eigenvalue weighted by atomic mass is 16.5. The minimum Gasteiger partial charge on any atom is -0.387 e. The summed E-state index contributed by atoms with van der Waals surface area (Å²) < 4.78 is 6.79. The molecule has 10 heteroatoms. The van der Waals surface area contributed by atoms with Crippen LogP contribution in [0.4, 0.5) is 4.79 Å². The van der Waals surface area contributed by atoms with Crippen molar-refractivity contribution in [3.05, 3.63) is 64.8 Å². The van der Waals surface area contributed by atoms with Crippen LogP contribution >= 0.6 is 0 Å². The van der Waals surface area contributed by atoms with Gasteiger partial charge < -0.3 is 19.8 Å². The van der Waals surface area contributed by atoms with Gasteiger partial charge in [0.15, 0.2) is 5.82 Å². The number of piperidine rings is 1. The van der Waals surface area contributed by atoms with Gasteiger partial charge in [0.1, 0.15) is 0 Å². The van der Waals surface area contributed by atoms with Gasteiger partial charge in [0.05, 0.1) is 30.7 Å². The molecule has 6 rings (SSSR count). The van der Waals surface area contributed by atoms with E-state index in [9.17, 15) is 14.7 Å². The zero-order valence-electron chi connectivity index (χ0n) is 20.8. The van der Waals surface area contributed by atoms with Gasteiger partial charge in [-0.05, 0) is 32.1 Å². The zero-order valence-corrected chi connectivity index (χ0v) is 20.8. The lowest BCUT2D eigenvalue weighted by Gasteiger charge is -2.52. The van der Waals surface area contributed by atoms with Crippen LogP contribution in [0.25, 0.3) is 11.3 Å². The summed E-state index contributed by atoms with van der Waals surface area (Å²) in [4.78, 5) is 36.7. The Kier molecular flexibility index (Phi) is 6.06. The van der Waals surface area contributed by atoms with Crippen LogP contribution in [0.1, 0.15) is 62.6 Å². The Labute approximate surface area is 214 Å². The maximum atomic E-state index is 13.0. The predicted octanol–water partition coefficient (Wildman–Crippen LogP) is 3.08. The largest absolute Gasteiger partial charge is 0.387 e. The summed E-state index contributed by atoms with van der Waals surface area (Å²) in [7, 11) is 0. The molecule has 1 aromatic carbocycles. The van der Waals surface area contributed by atoms with Crippen LogP contribution in [0.3, 0.4) is 0 Å². The van der Waals surface area contributed by atoms with E-state index in [0.29, 0.717) is 42.8 Å². The molecule has 37 heavy (non-hydrogen) atoms. The number of hydrogen-bond donors (Lipinski definition) is 2. The van der Waals surface area contributed by atoms with E-state index < -0.39 is 11.0 Å². The molecule has 2 aliphatic carbocycles. The van der Waals surface area contributed by atoms with Gasteiger partial charge in [0.25, 0.3) is 5.56 Å². The van der Waals surface area contributed by atoms with Crippen LogP contribution in [0.5, 0.6) is 0 Å². The summed E-state index contributed by atoms with van der Waals surface area (Å²) in [6.07, 6.45) is 7.68. The summed E-state index contributed by atoms with van der Waals surface area (Å²) in [5.41, 5.74) is -0.275. The monoisotopic (exact) mass is 504 g/mol. The standard InChI is InChI=1S/C27H32N6O4/c34-23-14-21(19-6-2-1-3-7-19)29-18-33(23)17-27(36)12-13-32(16-26(27)10-4-5-11-26)25(35)28-15-22-30-24(37-31-22)20-8-9-20/h1-3,6-7,14,18,20,36H,4-5,8-13,15-17H2,(H,28,35). The Morgan fingerprint density at radius 3 is 2.68 bits per heavy atom. The first-order chi connectivity index (χ1) is 17.9. The van der Waals surface area contributed by atoms with Crippen molar-refractivity contribution in [3.63, 3.8) is 0 Å². The number of rotatable bonds is 6. The summed E-state index contributed by atoms with van der Waals surface area (Å²) >= 11 is 0. The lowest BCUT2D eigenvalue weighted by molar-refractivity contribution is -0.135. The predicted molar refractivity (Wildman–Crippen MR) is 134 cm³/mol. The molecule has 3 aromatic rings. The fourth-order valence-corrected chi connectivity index (χ4v) is 5.97. The minimum absolute atomic E-state index is 0.163. The van der Waals surface area contributed by atoms with Crippen LogP contribution in [-0.4, -0.2) is 54.4 Å². The highest BCUT2D eigenvalue weighted by molar-refractivity contribution is 5.74. The molecule has 194 valence electrons. The molecular weight excluding hydrogens is 472 g/mol. The third-order valence-corrected chi connectivity index (χ3v) is 8.31. The maximum Gasteiger partial charge on any atom is 0.317 e. The van der Waals surface area contributed by atoms with Crippen molar-refractivity contribution >= 4 is 6.03 Å². The van der Waals surface area contributed by atoms with Gasteiger partial charge in [-0.15, -0.1) is 0 Å². The number of carbonyl (C=O) groups excluding carboxylic acids is 1. The van der Waals surface area contributed by atoms with Crippen LogP contribution < -0.4 is 10.9 Å². The Morgan fingerprint density at radius 1 is 1.16 bits per heavy atom. The Hall–Kier alpha value is -3.53. The summed E-state index contributed by atoms with van der Waals surface area (Å²) in [5, 5.41) is 18.9. The average molecular weight is 505 g/mol. The van der Waals surface area contributed by atoms with Crippen LogP contribution in [0.15, 0.2) is 52.0 Å². The molecule has 2 aromatic heterocycles. The second-order valence-electron chi connectivity index (χ2n) is 10.8. The first kappa shape index (κ1) is 23.8. The van der Waals surface area contributed by atoms with E-state index in [0.717, 1.165) is 44.1 Å². The van der Waals surface area contributed by atoms with Crippen molar-refractivity contribution in [3.8, 4) is 11.3 Å². The van der Waals surface area contributed by atoms with Gasteiger partial charge in [0, 0.05) is 36.1 Å². The first-order valence-electron chi connectivity index (χ1n) is 13.1. The van der Waals surface area contributed by atoms with E-state index in [2.05, 4.69) is 20.4 Å². The van der Waals surface area contributed by atoms with Crippen LogP contribution in [-0.2, 0) is 13.1 Å². The number of hydrogen-bond acceptors (Lipinski definition) is 7. The molecule has 2 amide bonds. The maximum absolute atomic E-state index is 13.0. The minimum atomic E-state index is -1.10. The summed E-state index contributed by atoms with van der Waals surface area (Å²) in [5.74, 6) is 1.50. The highest BCUT2D eigenvalue weighted by Gasteiger charge is 2.55. The van der Waals surface area contributed by atoms with Crippen molar-refractivity contribution in [1.82, 2.24) is 29.9 Å². The molecule has 1 unspecified atom stereocenters. The van der Waals surface area contributed by atoms with Crippen molar-refractivity contribution in [2.24, 2.45) is 5.41 Å². The number of carbonyl (C=O) groups is 1. The average Bonchev–Trinajstić information content (AvgIpc) is 3.46. The third kappa shape index (κ3) is 4.66. The van der Waals surface area contributed by atoms with E-state index >= 15 is 0 Å². The number of nitrogens with zero attached hydrogens (tertiary/aromatic N) is 5. The van der Waals surface area contributed by atoms with E-state index in [1.165, 1.54) is 17.0 Å². The molecule has 3 fully saturated rings. The van der Waals surface area contributed by atoms with Gasteiger partial charge in [-0.25, -0.2) is 9.78 Å². The number of amides is 2. The van der Waals surface area contributed by atoms with E-state index in [1.807, 2.05) is 30.3 Å². The molecule has 1 saturated heterocycles. The topological polar surface area (TPSA) is 126 Å². The number of benzene rings is 1. The fraction of sp³-hybridized carbons (Fsp3) is 0.519. The van der Waals surface area contributed by atoms with Crippen LogP contribution in [0, 0.1) is 5.41 Å². The molecule has 2 saturated carbocycles. The zero-order chi connectivity index (χ0) is 25.5. The second kappa shape index (κ2) is 9.41. The molecule has 3 aliphatic rings. The molecule has 1 aliphatic heterocycles. The Balaban J connectivity index is 1.15. The lowest BCUT2D eigenvalue weighted by atomic mass is 9.66. The Morgan fingerprint density at radius 2 is 1.95 bits per heavy atom. The quantitative estimate of drug-likeness (QED) is 0.528. The number of aromatic nitrogens is 4. The second-order valence-corrected chi connectivity index (χ2v) is 10.8. The van der Waals surface area contributed by atoms with Gasteiger partial charge in [-0.2, -0.15) is 4.98 Å². The van der Waals surface area contributed by atoms with Gasteiger partial charge >= 0.3 is 6.03 Å². The molecule has 0 radical (unpaired) electrons. The van der Waals surface area contributed by atoms with E-state index in [4.69, 9.17) is 4.52 Å². The SMILES string of the molecule is O=C(NCc1noc(C2CC2)n1)N1CCC(O)(Cn2cnc(-c3ccccc3)cc2=O)C2(CCCC2)C1. The highest BCUT2D eigenvalue weighted by Crippen LogP contribution is 2.51. The van der Waals surface area contributed by atoms with Gasteiger partial charge in [0.2, 0.25) is 5.89 Å². The van der Waals surface area contributed by atoms with Crippen LogP contribution in [0.2, 0.25) is 0 Å². The molecule has 0 bridgehead atoms. The van der Waals surface area contributed by atoms with Gasteiger partial charge in [-0.3, -0.25) is 9.36 Å². The van der Waals surface area contributed by atoms with Crippen molar-refractivity contribution in [2.45, 2.75) is 69.6 Å². The first-order valence-corrected chi connectivity index (χ1v) is 13.1. The third-order valence-electron chi connectivity index (χ3n) is 8.31. The molecule has 3 heterocycles.